The second-order valence-electron chi connectivity index (χ2n) is 5.23. The third-order valence-corrected chi connectivity index (χ3v) is 4.33. The molecule has 0 bridgehead atoms. The molecule has 0 aliphatic carbocycles. The lowest BCUT2D eigenvalue weighted by Gasteiger charge is -2.32. The lowest BCUT2D eigenvalue weighted by atomic mass is 9.99. The van der Waals surface area contributed by atoms with Gasteiger partial charge in [-0.25, -0.2) is 9.38 Å². The average Bonchev–Trinajstić information content (AvgIpc) is 2.58. The highest BCUT2D eigenvalue weighted by molar-refractivity contribution is 6.30. The van der Waals surface area contributed by atoms with Crippen LogP contribution in [0.3, 0.4) is 0 Å². The van der Waals surface area contributed by atoms with Crippen LogP contribution in [0.4, 0.5) is 4.39 Å². The van der Waals surface area contributed by atoms with Gasteiger partial charge in [0, 0.05) is 16.2 Å². The molecule has 0 aromatic heterocycles. The second-order valence-corrected chi connectivity index (χ2v) is 6.65. The molecule has 1 aliphatic heterocycles. The number of halogens is 4. The zero-order chi connectivity index (χ0) is 17.2. The van der Waals surface area contributed by atoms with Crippen LogP contribution in [0.15, 0.2) is 65.6 Å². The highest BCUT2D eigenvalue weighted by Crippen LogP contribution is 2.29. The Morgan fingerprint density at radius 3 is 1.88 bits per heavy atom. The van der Waals surface area contributed by atoms with Crippen molar-refractivity contribution in [2.24, 2.45) is 4.99 Å². The fraction of sp³-hybridized carbons (Fsp3) is 0.118. The highest BCUT2D eigenvalue weighted by Gasteiger charge is 2.31. The Morgan fingerprint density at radius 2 is 1.46 bits per heavy atom. The summed E-state index contributed by atoms with van der Waals surface area (Å²) >= 11 is 18.4. The number of hydrogen-bond acceptors (Lipinski definition) is 3. The zero-order valence-corrected chi connectivity index (χ0v) is 14.6. The van der Waals surface area contributed by atoms with E-state index in [9.17, 15) is 4.39 Å². The monoisotopic (exact) mass is 383 g/mol. The predicted octanol–water partition coefficient (Wildman–Crippen LogP) is 5.01. The fourth-order valence-electron chi connectivity index (χ4n) is 2.33. The average molecular weight is 385 g/mol. The van der Waals surface area contributed by atoms with E-state index in [4.69, 9.17) is 34.8 Å². The molecule has 0 radical (unpaired) electrons. The first-order chi connectivity index (χ1) is 11.5. The van der Waals surface area contributed by atoms with Gasteiger partial charge in [0.1, 0.15) is 0 Å². The van der Waals surface area contributed by atoms with Crippen molar-refractivity contribution in [3.63, 3.8) is 0 Å². The summed E-state index contributed by atoms with van der Waals surface area (Å²) in [6.45, 7) is 0. The smallest absolute Gasteiger partial charge is 0.265 e. The van der Waals surface area contributed by atoms with Gasteiger partial charge in [0.05, 0.1) is 12.3 Å². The molecule has 124 valence electrons. The summed E-state index contributed by atoms with van der Waals surface area (Å²) in [5.74, 6) is -0.498. The van der Waals surface area contributed by atoms with Crippen LogP contribution in [0.2, 0.25) is 10.0 Å². The Morgan fingerprint density at radius 1 is 0.958 bits per heavy atom. The summed E-state index contributed by atoms with van der Waals surface area (Å²) in [6.07, 6.45) is 2.23. The van der Waals surface area contributed by atoms with Crippen molar-refractivity contribution in [1.29, 1.82) is 0 Å². The standard InChI is InChI=1S/C17H13Cl3FN3/c18-13-5-1-11(2-6-13)16(12-3-7-14(19)8-4-12)24-17(20)22-9-15(21)10-23-17/h1-10,16,22,24H. The molecule has 3 nitrogen and oxygen atoms in total. The first-order valence-corrected chi connectivity index (χ1v) is 8.25. The predicted molar refractivity (Wildman–Crippen MR) is 97.3 cm³/mol. The van der Waals surface area contributed by atoms with Crippen LogP contribution in [-0.4, -0.2) is 11.5 Å². The lowest BCUT2D eigenvalue weighted by molar-refractivity contribution is 0.389. The number of allylic oxidation sites excluding steroid dienone is 1. The van der Waals surface area contributed by atoms with Gasteiger partial charge in [-0.15, -0.1) is 0 Å². The maximum Gasteiger partial charge on any atom is 0.265 e. The van der Waals surface area contributed by atoms with Gasteiger partial charge in [-0.05, 0) is 35.4 Å². The van der Waals surface area contributed by atoms with E-state index in [1.54, 1.807) is 24.3 Å². The zero-order valence-electron chi connectivity index (χ0n) is 12.3. The van der Waals surface area contributed by atoms with Crippen LogP contribution in [0.5, 0.6) is 0 Å². The third-order valence-electron chi connectivity index (χ3n) is 3.51. The van der Waals surface area contributed by atoms with Gasteiger partial charge in [-0.1, -0.05) is 59.1 Å². The molecule has 1 aliphatic rings. The molecule has 3 rings (SSSR count). The van der Waals surface area contributed by atoms with Crippen molar-refractivity contribution in [3.8, 4) is 0 Å². The Kier molecular flexibility index (Phi) is 5.11. The molecule has 0 fully saturated rings. The molecule has 1 atom stereocenters. The summed E-state index contributed by atoms with van der Waals surface area (Å²) in [7, 11) is 0. The number of nitrogens with zero attached hydrogens (tertiary/aromatic N) is 1. The fourth-order valence-corrected chi connectivity index (χ4v) is 2.79. The summed E-state index contributed by atoms with van der Waals surface area (Å²) in [6, 6.07) is 14.4. The number of alkyl halides is 1. The molecule has 0 spiro atoms. The van der Waals surface area contributed by atoms with E-state index in [0.717, 1.165) is 23.5 Å². The van der Waals surface area contributed by atoms with Gasteiger partial charge >= 0.3 is 0 Å². The molecule has 7 heteroatoms. The minimum absolute atomic E-state index is 0.309. The molecule has 1 heterocycles. The summed E-state index contributed by atoms with van der Waals surface area (Å²) in [4.78, 5) is 3.99. The van der Waals surface area contributed by atoms with Crippen molar-refractivity contribution in [3.05, 3.63) is 81.7 Å². The second kappa shape index (κ2) is 7.11. The lowest BCUT2D eigenvalue weighted by Crippen LogP contribution is -2.51. The van der Waals surface area contributed by atoms with Crippen LogP contribution in [0.25, 0.3) is 0 Å². The summed E-state index contributed by atoms with van der Waals surface area (Å²) in [5, 5.41) is 5.79. The van der Waals surface area contributed by atoms with Gasteiger partial charge < -0.3 is 5.32 Å². The minimum Gasteiger partial charge on any atom is -0.339 e. The summed E-state index contributed by atoms with van der Waals surface area (Å²) < 4.78 is 13.1. The first kappa shape index (κ1) is 17.2. The van der Waals surface area contributed by atoms with Crippen LogP contribution < -0.4 is 10.6 Å². The van der Waals surface area contributed by atoms with Gasteiger partial charge in [0.15, 0.2) is 5.83 Å². The van der Waals surface area contributed by atoms with E-state index in [2.05, 4.69) is 15.6 Å². The normalized spacial score (nSPS) is 20.0. The van der Waals surface area contributed by atoms with E-state index in [0.29, 0.717) is 10.0 Å². The van der Waals surface area contributed by atoms with Gasteiger partial charge in [-0.3, -0.25) is 5.32 Å². The molecule has 0 saturated heterocycles. The number of rotatable bonds is 4. The topological polar surface area (TPSA) is 36.4 Å². The largest absolute Gasteiger partial charge is 0.339 e. The van der Waals surface area contributed by atoms with Gasteiger partial charge in [0.2, 0.25) is 0 Å². The van der Waals surface area contributed by atoms with E-state index in [-0.39, 0.29) is 6.04 Å². The van der Waals surface area contributed by atoms with E-state index >= 15 is 0 Å². The molecule has 2 N–H and O–H groups in total. The molecule has 24 heavy (non-hydrogen) atoms. The van der Waals surface area contributed by atoms with Crippen LogP contribution in [0.1, 0.15) is 17.2 Å². The molecule has 2 aromatic carbocycles. The maximum absolute atomic E-state index is 13.1. The molecular weight excluding hydrogens is 372 g/mol. The van der Waals surface area contributed by atoms with Crippen LogP contribution in [0, 0.1) is 0 Å². The van der Waals surface area contributed by atoms with Gasteiger partial charge in [-0.2, -0.15) is 0 Å². The maximum atomic E-state index is 13.1. The van der Waals surface area contributed by atoms with E-state index < -0.39 is 11.1 Å². The molecule has 2 aromatic rings. The highest BCUT2D eigenvalue weighted by atomic mass is 35.5. The SMILES string of the molecule is FC1=CNC(Cl)(NC(c2ccc(Cl)cc2)c2ccc(Cl)cc2)N=C1. The molecule has 0 amide bonds. The van der Waals surface area contributed by atoms with Crippen molar-refractivity contribution in [2.75, 3.05) is 0 Å². The van der Waals surface area contributed by atoms with E-state index in [1.165, 1.54) is 0 Å². The Bertz CT molecular complexity index is 729. The van der Waals surface area contributed by atoms with Crippen LogP contribution in [-0.2, 0) is 0 Å². The van der Waals surface area contributed by atoms with E-state index in [1.807, 2.05) is 24.3 Å². The molecule has 0 saturated carbocycles. The Balaban J connectivity index is 1.94. The minimum atomic E-state index is -1.36. The van der Waals surface area contributed by atoms with Crippen molar-refractivity contribution < 1.29 is 4.39 Å². The summed E-state index contributed by atoms with van der Waals surface area (Å²) in [5.41, 5.74) is 1.85. The quantitative estimate of drug-likeness (QED) is 0.574. The first-order valence-electron chi connectivity index (χ1n) is 7.11. The number of aliphatic imine (C=N–C) groups is 1. The third kappa shape index (κ3) is 4.08. The number of benzene rings is 2. The Hall–Kier alpha value is -1.59. The van der Waals surface area contributed by atoms with Crippen LogP contribution >= 0.6 is 34.8 Å². The molecule has 1 unspecified atom stereocenters. The Labute approximate surface area is 154 Å². The van der Waals surface area contributed by atoms with Crippen molar-refractivity contribution in [2.45, 2.75) is 11.3 Å². The van der Waals surface area contributed by atoms with Crippen molar-refractivity contribution >= 4 is 41.0 Å². The molecular formula is C17H13Cl3FN3. The number of nitrogens with one attached hydrogen (secondary N) is 2. The van der Waals surface area contributed by atoms with Crippen molar-refractivity contribution in [1.82, 2.24) is 10.6 Å². The number of hydrogen-bond donors (Lipinski definition) is 2. The van der Waals surface area contributed by atoms with Gasteiger partial charge in [0.25, 0.3) is 5.25 Å².